The number of carbonyl (C=O) groups is 1. The Hall–Kier alpha value is -2.30. The molecular weight excluding hydrogens is 269 g/mol. The number of carbonyl (C=O) groups excluding carboxylic acids is 1. The molecule has 2 nitrogen and oxygen atoms in total. The van der Waals surface area contributed by atoms with Gasteiger partial charge in [0, 0.05) is 11.6 Å². The van der Waals surface area contributed by atoms with Crippen molar-refractivity contribution in [1.82, 2.24) is 0 Å². The molecule has 0 heterocycles. The van der Waals surface area contributed by atoms with Crippen molar-refractivity contribution in [3.8, 4) is 5.75 Å². The van der Waals surface area contributed by atoms with Crippen LogP contribution in [0.15, 0.2) is 36.4 Å². The summed E-state index contributed by atoms with van der Waals surface area (Å²) < 4.78 is 44.6. The highest BCUT2D eigenvalue weighted by molar-refractivity contribution is 5.96. The zero-order chi connectivity index (χ0) is 14.7. The van der Waals surface area contributed by atoms with E-state index in [1.54, 1.807) is 0 Å². The highest BCUT2D eigenvalue weighted by Gasteiger charge is 2.11. The highest BCUT2D eigenvalue weighted by Crippen LogP contribution is 2.22. The summed E-state index contributed by atoms with van der Waals surface area (Å²) in [6, 6.07) is 6.60. The predicted molar refractivity (Wildman–Crippen MR) is 67.1 cm³/mol. The summed E-state index contributed by atoms with van der Waals surface area (Å²) in [5, 5.41) is 0. The molecular formula is C15H11F3O2. The minimum absolute atomic E-state index is 0.0764. The third-order valence-electron chi connectivity index (χ3n) is 2.72. The maximum Gasteiger partial charge on any atom is 0.163 e. The second-order valence-corrected chi connectivity index (χ2v) is 4.22. The predicted octanol–water partition coefficient (Wildman–Crippen LogP) is 3.89. The van der Waals surface area contributed by atoms with Crippen LogP contribution in [0.3, 0.4) is 0 Å². The molecule has 0 spiro atoms. The molecule has 0 fully saturated rings. The zero-order valence-electron chi connectivity index (χ0n) is 10.6. The van der Waals surface area contributed by atoms with Gasteiger partial charge in [0.2, 0.25) is 0 Å². The Morgan fingerprint density at radius 3 is 2.35 bits per heavy atom. The summed E-state index contributed by atoms with van der Waals surface area (Å²) in [5.74, 6) is -2.19. The zero-order valence-corrected chi connectivity index (χ0v) is 10.6. The fourth-order valence-corrected chi connectivity index (χ4v) is 1.70. The van der Waals surface area contributed by atoms with Crippen LogP contribution in [0.2, 0.25) is 0 Å². The summed E-state index contributed by atoms with van der Waals surface area (Å²) in [5.41, 5.74) is 0.220. The topological polar surface area (TPSA) is 26.3 Å². The molecule has 2 rings (SSSR count). The summed E-state index contributed by atoms with van der Waals surface area (Å²) in [7, 11) is 0. The van der Waals surface area contributed by atoms with E-state index in [0.717, 1.165) is 24.3 Å². The van der Waals surface area contributed by atoms with E-state index in [2.05, 4.69) is 0 Å². The minimum Gasteiger partial charge on any atom is -0.488 e. The van der Waals surface area contributed by atoms with Crippen LogP contribution in [0.5, 0.6) is 5.75 Å². The molecule has 104 valence electrons. The fourth-order valence-electron chi connectivity index (χ4n) is 1.70. The van der Waals surface area contributed by atoms with Crippen LogP contribution in [-0.2, 0) is 6.61 Å². The fraction of sp³-hybridized carbons (Fsp3) is 0.133. The molecule has 0 N–H and O–H groups in total. The SMILES string of the molecule is CC(=O)c1cc(F)ccc1OCc1ccc(F)cc1F. The molecule has 0 saturated heterocycles. The van der Waals surface area contributed by atoms with Crippen molar-refractivity contribution >= 4 is 5.78 Å². The van der Waals surface area contributed by atoms with Gasteiger partial charge in [0.25, 0.3) is 0 Å². The number of hydrogen-bond acceptors (Lipinski definition) is 2. The summed E-state index contributed by atoms with van der Waals surface area (Å²) >= 11 is 0. The molecule has 2 aromatic rings. The number of ketones is 1. The van der Waals surface area contributed by atoms with Crippen molar-refractivity contribution in [3.63, 3.8) is 0 Å². The number of hydrogen-bond donors (Lipinski definition) is 0. The standard InChI is InChI=1S/C15H11F3O2/c1-9(19)13-6-11(16)4-5-15(13)20-8-10-2-3-12(17)7-14(10)18/h2-7H,8H2,1H3. The molecule has 0 bridgehead atoms. The largest absolute Gasteiger partial charge is 0.488 e. The van der Waals surface area contributed by atoms with Crippen LogP contribution in [-0.4, -0.2) is 5.78 Å². The van der Waals surface area contributed by atoms with Gasteiger partial charge in [-0.25, -0.2) is 13.2 Å². The Labute approximate surface area is 113 Å². The first kappa shape index (κ1) is 14.1. The lowest BCUT2D eigenvalue weighted by Crippen LogP contribution is -2.04. The van der Waals surface area contributed by atoms with Gasteiger partial charge in [0.15, 0.2) is 5.78 Å². The average Bonchev–Trinajstić information content (AvgIpc) is 2.38. The van der Waals surface area contributed by atoms with E-state index in [1.165, 1.54) is 19.1 Å². The van der Waals surface area contributed by atoms with Crippen LogP contribution in [0.25, 0.3) is 0 Å². The van der Waals surface area contributed by atoms with Crippen molar-refractivity contribution in [3.05, 3.63) is 65.0 Å². The van der Waals surface area contributed by atoms with Gasteiger partial charge in [0.1, 0.15) is 29.8 Å². The van der Waals surface area contributed by atoms with Crippen LogP contribution in [0.4, 0.5) is 13.2 Å². The molecule has 0 aliphatic heterocycles. The van der Waals surface area contributed by atoms with E-state index in [1.807, 2.05) is 0 Å². The van der Waals surface area contributed by atoms with Gasteiger partial charge in [-0.2, -0.15) is 0 Å². The lowest BCUT2D eigenvalue weighted by Gasteiger charge is -2.10. The Kier molecular flexibility index (Phi) is 4.08. The molecule has 5 heteroatoms. The van der Waals surface area contributed by atoms with Gasteiger partial charge in [-0.1, -0.05) is 0 Å². The monoisotopic (exact) mass is 280 g/mol. The van der Waals surface area contributed by atoms with Crippen molar-refractivity contribution in [2.24, 2.45) is 0 Å². The Morgan fingerprint density at radius 2 is 1.70 bits per heavy atom. The van der Waals surface area contributed by atoms with Crippen molar-refractivity contribution in [2.45, 2.75) is 13.5 Å². The number of ether oxygens (including phenoxy) is 1. The first-order chi connectivity index (χ1) is 9.47. The van der Waals surface area contributed by atoms with Gasteiger partial charge >= 0.3 is 0 Å². The number of rotatable bonds is 4. The normalized spacial score (nSPS) is 10.4. The molecule has 0 amide bonds. The number of benzene rings is 2. The molecule has 0 radical (unpaired) electrons. The van der Waals surface area contributed by atoms with Crippen molar-refractivity contribution in [2.75, 3.05) is 0 Å². The van der Waals surface area contributed by atoms with E-state index in [4.69, 9.17) is 4.74 Å². The van der Waals surface area contributed by atoms with Gasteiger partial charge < -0.3 is 4.74 Å². The van der Waals surface area contributed by atoms with Gasteiger partial charge in [-0.15, -0.1) is 0 Å². The summed E-state index contributed by atoms with van der Waals surface area (Å²) in [6.45, 7) is 1.10. The van der Waals surface area contributed by atoms with E-state index < -0.39 is 17.5 Å². The molecule has 0 aliphatic rings. The first-order valence-corrected chi connectivity index (χ1v) is 5.84. The lowest BCUT2D eigenvalue weighted by molar-refractivity contribution is 0.101. The molecule has 2 aromatic carbocycles. The van der Waals surface area contributed by atoms with Crippen LogP contribution in [0.1, 0.15) is 22.8 Å². The van der Waals surface area contributed by atoms with Gasteiger partial charge in [-0.05, 0) is 37.3 Å². The third-order valence-corrected chi connectivity index (χ3v) is 2.72. The maximum atomic E-state index is 13.4. The number of Topliss-reactive ketones (excluding diaryl/α,β-unsaturated/α-hetero) is 1. The van der Waals surface area contributed by atoms with Gasteiger partial charge in [0.05, 0.1) is 5.56 Å². The maximum absolute atomic E-state index is 13.4. The van der Waals surface area contributed by atoms with E-state index >= 15 is 0 Å². The summed E-state index contributed by atoms with van der Waals surface area (Å²) in [6.07, 6.45) is 0. The quantitative estimate of drug-likeness (QED) is 0.794. The third kappa shape index (κ3) is 3.17. The van der Waals surface area contributed by atoms with Crippen LogP contribution < -0.4 is 4.74 Å². The van der Waals surface area contributed by atoms with E-state index in [-0.39, 0.29) is 29.3 Å². The second kappa shape index (κ2) is 5.77. The van der Waals surface area contributed by atoms with Crippen LogP contribution >= 0.6 is 0 Å². The van der Waals surface area contributed by atoms with Crippen molar-refractivity contribution < 1.29 is 22.7 Å². The Balaban J connectivity index is 2.20. The van der Waals surface area contributed by atoms with E-state index in [0.29, 0.717) is 0 Å². The molecule has 0 unspecified atom stereocenters. The smallest absolute Gasteiger partial charge is 0.163 e. The first-order valence-electron chi connectivity index (χ1n) is 5.84. The molecule has 0 aliphatic carbocycles. The van der Waals surface area contributed by atoms with Gasteiger partial charge in [-0.3, -0.25) is 4.79 Å². The van der Waals surface area contributed by atoms with Crippen molar-refractivity contribution in [1.29, 1.82) is 0 Å². The minimum atomic E-state index is -0.739. The summed E-state index contributed by atoms with van der Waals surface area (Å²) in [4.78, 5) is 11.4. The lowest BCUT2D eigenvalue weighted by atomic mass is 10.1. The molecule has 20 heavy (non-hydrogen) atoms. The molecule has 0 aromatic heterocycles. The highest BCUT2D eigenvalue weighted by atomic mass is 19.1. The molecule has 0 saturated carbocycles. The Bertz CT molecular complexity index is 654. The number of halogens is 3. The second-order valence-electron chi connectivity index (χ2n) is 4.22. The Morgan fingerprint density at radius 1 is 1.05 bits per heavy atom. The average molecular weight is 280 g/mol. The molecule has 0 atom stereocenters. The van der Waals surface area contributed by atoms with E-state index in [9.17, 15) is 18.0 Å². The van der Waals surface area contributed by atoms with Crippen LogP contribution in [0, 0.1) is 17.5 Å².